The number of H-pyrrole nitrogens is 1. The number of hydrogen-bond donors (Lipinski definition) is 2. The van der Waals surface area contributed by atoms with Gasteiger partial charge in [0.25, 0.3) is 6.01 Å². The Labute approximate surface area is 189 Å². The fraction of sp³-hybridized carbons (Fsp3) is 0. The number of nitrogen functional groups attached to an aromatic ring is 1. The fourth-order valence-electron chi connectivity index (χ4n) is 3.56. The number of nitriles is 1. The zero-order chi connectivity index (χ0) is 22.1. The SMILES string of the molecule is N#Cc1cc(Oc2nc3cc(-c4ccc(-c5ccccc5)cc4)c(Cl)cc3[nH]2)ccc1N. The molecule has 5 rings (SSSR count). The molecule has 32 heavy (non-hydrogen) atoms. The van der Waals surface area contributed by atoms with E-state index in [1.54, 1.807) is 18.2 Å². The second-order valence-electron chi connectivity index (χ2n) is 7.30. The quantitative estimate of drug-likeness (QED) is 0.303. The van der Waals surface area contributed by atoms with E-state index in [2.05, 4.69) is 46.4 Å². The van der Waals surface area contributed by atoms with Crippen LogP contribution in [0, 0.1) is 11.3 Å². The number of aromatic amines is 1. The van der Waals surface area contributed by atoms with Gasteiger partial charge in [0.2, 0.25) is 0 Å². The van der Waals surface area contributed by atoms with E-state index in [0.29, 0.717) is 28.0 Å². The van der Waals surface area contributed by atoms with Crippen molar-refractivity contribution in [1.82, 2.24) is 9.97 Å². The third-order valence-electron chi connectivity index (χ3n) is 5.21. The van der Waals surface area contributed by atoms with Crippen molar-refractivity contribution < 1.29 is 4.74 Å². The lowest BCUT2D eigenvalue weighted by molar-refractivity contribution is 0.449. The topological polar surface area (TPSA) is 87.7 Å². The number of halogens is 1. The molecule has 0 radical (unpaired) electrons. The van der Waals surface area contributed by atoms with E-state index < -0.39 is 0 Å². The fourth-order valence-corrected chi connectivity index (χ4v) is 3.83. The van der Waals surface area contributed by atoms with E-state index in [1.165, 1.54) is 0 Å². The molecule has 0 atom stereocenters. The summed E-state index contributed by atoms with van der Waals surface area (Å²) in [5.74, 6) is 0.470. The van der Waals surface area contributed by atoms with Crippen molar-refractivity contribution in [1.29, 1.82) is 5.26 Å². The van der Waals surface area contributed by atoms with E-state index in [4.69, 9.17) is 27.3 Å². The summed E-state index contributed by atoms with van der Waals surface area (Å²) >= 11 is 6.58. The van der Waals surface area contributed by atoms with Gasteiger partial charge in [-0.2, -0.15) is 10.2 Å². The molecule has 0 aliphatic heterocycles. The van der Waals surface area contributed by atoms with E-state index in [1.807, 2.05) is 36.4 Å². The second-order valence-corrected chi connectivity index (χ2v) is 7.70. The summed E-state index contributed by atoms with van der Waals surface area (Å²) in [5.41, 5.74) is 12.2. The average molecular weight is 437 g/mol. The van der Waals surface area contributed by atoms with Crippen molar-refractivity contribution in [2.75, 3.05) is 5.73 Å². The Kier molecular flexibility index (Phi) is 4.98. The van der Waals surface area contributed by atoms with E-state index in [9.17, 15) is 0 Å². The number of nitrogens with zero attached hydrogens (tertiary/aromatic N) is 2. The van der Waals surface area contributed by atoms with Crippen molar-refractivity contribution in [2.45, 2.75) is 0 Å². The largest absolute Gasteiger partial charge is 0.426 e. The van der Waals surface area contributed by atoms with Gasteiger partial charge in [-0.25, -0.2) is 0 Å². The van der Waals surface area contributed by atoms with Crippen molar-refractivity contribution in [3.8, 4) is 40.1 Å². The number of hydrogen-bond acceptors (Lipinski definition) is 4. The highest BCUT2D eigenvalue weighted by atomic mass is 35.5. The summed E-state index contributed by atoms with van der Waals surface area (Å²) in [6.07, 6.45) is 0. The summed E-state index contributed by atoms with van der Waals surface area (Å²) in [4.78, 5) is 7.64. The van der Waals surface area contributed by atoms with Gasteiger partial charge in [0.15, 0.2) is 0 Å². The minimum atomic E-state index is 0.307. The number of nitrogens with one attached hydrogen (secondary N) is 1. The molecule has 0 unspecified atom stereocenters. The molecule has 0 saturated heterocycles. The second kappa shape index (κ2) is 8.10. The molecule has 1 aromatic heterocycles. The van der Waals surface area contributed by atoms with E-state index in [0.717, 1.165) is 33.3 Å². The number of ether oxygens (including phenoxy) is 1. The lowest BCUT2D eigenvalue weighted by Crippen LogP contribution is -1.92. The molecule has 154 valence electrons. The summed E-state index contributed by atoms with van der Waals surface area (Å²) in [7, 11) is 0. The Morgan fingerprint density at radius 1 is 0.875 bits per heavy atom. The number of benzene rings is 4. The highest BCUT2D eigenvalue weighted by molar-refractivity contribution is 6.34. The minimum absolute atomic E-state index is 0.307. The standard InChI is InChI=1S/C26H17ClN4O/c27-22-14-25-24(30-26(31-25)32-20-10-11-23(29)19(12-20)15-28)13-21(22)18-8-6-17(7-9-18)16-4-2-1-3-5-16/h1-14H,29H2,(H,30,31). The van der Waals surface area contributed by atoms with Crippen LogP contribution in [0.4, 0.5) is 5.69 Å². The molecule has 0 fully saturated rings. The molecule has 5 aromatic rings. The van der Waals surface area contributed by atoms with Gasteiger partial charge in [0.1, 0.15) is 11.8 Å². The number of aromatic nitrogens is 2. The van der Waals surface area contributed by atoms with E-state index in [-0.39, 0.29) is 0 Å². The van der Waals surface area contributed by atoms with Gasteiger partial charge in [-0.15, -0.1) is 0 Å². The van der Waals surface area contributed by atoms with Crippen LogP contribution in [0.1, 0.15) is 5.56 Å². The predicted octanol–water partition coefficient (Wildman–Crippen LogP) is 6.80. The summed E-state index contributed by atoms with van der Waals surface area (Å²) in [6, 6.07) is 29.5. The van der Waals surface area contributed by atoms with Gasteiger partial charge in [0, 0.05) is 17.3 Å². The van der Waals surface area contributed by atoms with Crippen LogP contribution in [0.15, 0.2) is 84.9 Å². The molecule has 4 aromatic carbocycles. The van der Waals surface area contributed by atoms with Gasteiger partial charge in [-0.3, -0.25) is 0 Å². The molecule has 0 aliphatic carbocycles. The van der Waals surface area contributed by atoms with Gasteiger partial charge in [-0.05, 0) is 41.0 Å². The number of imidazole rings is 1. The zero-order valence-electron chi connectivity index (χ0n) is 16.8. The Bertz CT molecular complexity index is 1470. The molecular formula is C26H17ClN4O. The zero-order valence-corrected chi connectivity index (χ0v) is 17.6. The lowest BCUT2D eigenvalue weighted by atomic mass is 10.00. The average Bonchev–Trinajstić information content (AvgIpc) is 3.21. The first-order chi connectivity index (χ1) is 15.6. The number of nitrogens with two attached hydrogens (primary N) is 1. The first-order valence-electron chi connectivity index (χ1n) is 9.93. The maximum atomic E-state index is 9.15. The molecular weight excluding hydrogens is 420 g/mol. The first kappa shape index (κ1) is 19.7. The molecule has 0 amide bonds. The van der Waals surface area contributed by atoms with Gasteiger partial charge < -0.3 is 15.5 Å². The van der Waals surface area contributed by atoms with Crippen molar-refractivity contribution >= 4 is 28.3 Å². The predicted molar refractivity (Wildman–Crippen MR) is 128 cm³/mol. The normalized spacial score (nSPS) is 10.8. The third kappa shape index (κ3) is 3.76. The Hall–Kier alpha value is -4.27. The summed E-state index contributed by atoms with van der Waals surface area (Å²) < 4.78 is 5.79. The van der Waals surface area contributed by atoms with Crippen LogP contribution in [0.25, 0.3) is 33.3 Å². The van der Waals surface area contributed by atoms with Crippen molar-refractivity contribution in [3.05, 3.63) is 95.5 Å². The van der Waals surface area contributed by atoms with Crippen molar-refractivity contribution in [2.24, 2.45) is 0 Å². The van der Waals surface area contributed by atoms with Crippen molar-refractivity contribution in [3.63, 3.8) is 0 Å². The van der Waals surface area contributed by atoms with Gasteiger partial charge >= 0.3 is 0 Å². The van der Waals surface area contributed by atoms with Crippen LogP contribution in [0.2, 0.25) is 5.02 Å². The maximum Gasteiger partial charge on any atom is 0.300 e. The molecule has 0 spiro atoms. The van der Waals surface area contributed by atoms with E-state index >= 15 is 0 Å². The molecule has 0 aliphatic rings. The van der Waals surface area contributed by atoms with Gasteiger partial charge in [-0.1, -0.05) is 66.2 Å². The molecule has 0 saturated carbocycles. The van der Waals surface area contributed by atoms with Crippen LogP contribution in [0.3, 0.4) is 0 Å². The molecule has 0 bridgehead atoms. The molecule has 1 heterocycles. The number of fused-ring (bicyclic) bond motifs is 1. The van der Waals surface area contributed by atoms with Crippen LogP contribution in [-0.2, 0) is 0 Å². The minimum Gasteiger partial charge on any atom is -0.426 e. The highest BCUT2D eigenvalue weighted by Crippen LogP contribution is 2.34. The molecule has 3 N–H and O–H groups in total. The summed E-state index contributed by atoms with van der Waals surface area (Å²) in [5, 5.41) is 9.76. The third-order valence-corrected chi connectivity index (χ3v) is 5.52. The maximum absolute atomic E-state index is 9.15. The first-order valence-corrected chi connectivity index (χ1v) is 10.3. The lowest BCUT2D eigenvalue weighted by Gasteiger charge is -2.07. The monoisotopic (exact) mass is 436 g/mol. The van der Waals surface area contributed by atoms with Crippen LogP contribution < -0.4 is 10.5 Å². The number of rotatable bonds is 4. The Balaban J connectivity index is 1.46. The number of anilines is 1. The highest BCUT2D eigenvalue weighted by Gasteiger charge is 2.12. The van der Waals surface area contributed by atoms with Gasteiger partial charge in [0.05, 0.1) is 21.6 Å². The molecule has 6 heteroatoms. The Morgan fingerprint density at radius 2 is 1.59 bits per heavy atom. The molecule has 5 nitrogen and oxygen atoms in total. The Morgan fingerprint density at radius 3 is 2.34 bits per heavy atom. The summed E-state index contributed by atoms with van der Waals surface area (Å²) in [6.45, 7) is 0. The smallest absolute Gasteiger partial charge is 0.300 e. The van der Waals surface area contributed by atoms with Crippen LogP contribution >= 0.6 is 11.6 Å². The van der Waals surface area contributed by atoms with Crippen LogP contribution in [-0.4, -0.2) is 9.97 Å². The van der Waals surface area contributed by atoms with Crippen LogP contribution in [0.5, 0.6) is 11.8 Å².